The van der Waals surface area contributed by atoms with Gasteiger partial charge in [-0.25, -0.2) is 0 Å². The van der Waals surface area contributed by atoms with E-state index in [-0.39, 0.29) is 17.9 Å². The third-order valence-corrected chi connectivity index (χ3v) is 3.76. The maximum Gasteiger partial charge on any atom is 0.239 e. The van der Waals surface area contributed by atoms with Crippen molar-refractivity contribution < 1.29 is 4.79 Å². The fraction of sp³-hybridized carbons (Fsp3) is 0.917. The molecule has 15 heavy (non-hydrogen) atoms. The van der Waals surface area contributed by atoms with Crippen molar-refractivity contribution in [2.45, 2.75) is 58.0 Å². The van der Waals surface area contributed by atoms with Crippen molar-refractivity contribution in [3.05, 3.63) is 0 Å². The van der Waals surface area contributed by atoms with Crippen LogP contribution in [-0.2, 0) is 4.79 Å². The average molecular weight is 212 g/mol. The van der Waals surface area contributed by atoms with E-state index in [1.165, 1.54) is 12.8 Å². The van der Waals surface area contributed by atoms with Crippen LogP contribution in [0.4, 0.5) is 0 Å². The predicted molar refractivity (Wildman–Crippen MR) is 62.5 cm³/mol. The van der Waals surface area contributed by atoms with Gasteiger partial charge in [0.2, 0.25) is 5.91 Å². The molecule has 0 bridgehead atoms. The van der Waals surface area contributed by atoms with Crippen LogP contribution in [0.25, 0.3) is 0 Å². The Bertz CT molecular complexity index is 212. The van der Waals surface area contributed by atoms with Crippen molar-refractivity contribution in [2.24, 2.45) is 11.7 Å². The van der Waals surface area contributed by atoms with Crippen molar-refractivity contribution >= 4 is 5.91 Å². The molecular formula is C12H24N2O. The van der Waals surface area contributed by atoms with E-state index in [9.17, 15) is 4.79 Å². The first-order valence-corrected chi connectivity index (χ1v) is 6.10. The molecule has 2 N–H and O–H groups in total. The van der Waals surface area contributed by atoms with Gasteiger partial charge in [0, 0.05) is 13.1 Å². The summed E-state index contributed by atoms with van der Waals surface area (Å²) >= 11 is 0. The fourth-order valence-electron chi connectivity index (χ4n) is 2.20. The predicted octanol–water partition coefficient (Wildman–Crippen LogP) is 1.76. The maximum atomic E-state index is 12.0. The minimum atomic E-state index is -0.319. The van der Waals surface area contributed by atoms with Crippen LogP contribution in [0.3, 0.4) is 0 Å². The Labute approximate surface area is 93.0 Å². The van der Waals surface area contributed by atoms with Gasteiger partial charge >= 0.3 is 0 Å². The quantitative estimate of drug-likeness (QED) is 0.772. The van der Waals surface area contributed by atoms with Crippen molar-refractivity contribution in [3.8, 4) is 0 Å². The molecule has 1 fully saturated rings. The lowest BCUT2D eigenvalue weighted by molar-refractivity contribution is -0.134. The second-order valence-electron chi connectivity index (χ2n) is 4.80. The number of likely N-dealkylation sites (N-methyl/N-ethyl adjacent to an activating group) is 1. The lowest BCUT2D eigenvalue weighted by Gasteiger charge is -2.29. The van der Waals surface area contributed by atoms with Crippen LogP contribution in [0.5, 0.6) is 0 Å². The molecule has 0 radical (unpaired) electrons. The van der Waals surface area contributed by atoms with Crippen molar-refractivity contribution in [2.75, 3.05) is 7.05 Å². The first-order valence-electron chi connectivity index (χ1n) is 6.10. The summed E-state index contributed by atoms with van der Waals surface area (Å²) in [5.74, 6) is 0.401. The van der Waals surface area contributed by atoms with Crippen LogP contribution in [0.2, 0.25) is 0 Å². The van der Waals surface area contributed by atoms with Crippen LogP contribution >= 0.6 is 0 Å². The third-order valence-electron chi connectivity index (χ3n) is 3.76. The van der Waals surface area contributed by atoms with E-state index in [1.807, 2.05) is 18.9 Å². The van der Waals surface area contributed by atoms with Crippen molar-refractivity contribution in [1.29, 1.82) is 0 Å². The Morgan fingerprint density at radius 3 is 2.47 bits per heavy atom. The van der Waals surface area contributed by atoms with Crippen LogP contribution < -0.4 is 5.73 Å². The monoisotopic (exact) mass is 212 g/mol. The van der Waals surface area contributed by atoms with E-state index in [0.29, 0.717) is 6.04 Å². The standard InChI is InChI=1S/C12H24N2O/c1-4-9(2)11(13)12(15)14(3)10-7-5-6-8-10/h9-11H,4-8,13H2,1-3H3/t9?,11-/m0/s1. The molecule has 1 aliphatic rings. The van der Waals surface area contributed by atoms with Gasteiger partial charge in [-0.3, -0.25) is 4.79 Å². The largest absolute Gasteiger partial charge is 0.341 e. The Balaban J connectivity index is 2.50. The number of nitrogens with two attached hydrogens (primary N) is 1. The molecule has 1 saturated carbocycles. The Kier molecular flexibility index (Phi) is 4.58. The molecule has 1 unspecified atom stereocenters. The van der Waals surface area contributed by atoms with E-state index >= 15 is 0 Å². The van der Waals surface area contributed by atoms with E-state index in [0.717, 1.165) is 19.3 Å². The van der Waals surface area contributed by atoms with Gasteiger partial charge in [-0.1, -0.05) is 33.1 Å². The van der Waals surface area contributed by atoms with Crippen LogP contribution in [-0.4, -0.2) is 29.9 Å². The minimum absolute atomic E-state index is 0.122. The van der Waals surface area contributed by atoms with Gasteiger partial charge < -0.3 is 10.6 Å². The average Bonchev–Trinajstić information content (AvgIpc) is 2.78. The van der Waals surface area contributed by atoms with Crippen LogP contribution in [0.1, 0.15) is 46.0 Å². The van der Waals surface area contributed by atoms with E-state index in [1.54, 1.807) is 0 Å². The number of amides is 1. The molecule has 1 aliphatic carbocycles. The molecule has 1 amide bonds. The molecule has 0 aliphatic heterocycles. The zero-order chi connectivity index (χ0) is 11.4. The van der Waals surface area contributed by atoms with Gasteiger partial charge in [0.15, 0.2) is 0 Å². The van der Waals surface area contributed by atoms with Gasteiger partial charge in [0.25, 0.3) is 0 Å². The molecule has 88 valence electrons. The van der Waals surface area contributed by atoms with E-state index < -0.39 is 0 Å². The fourth-order valence-corrected chi connectivity index (χ4v) is 2.20. The topological polar surface area (TPSA) is 46.3 Å². The van der Waals surface area contributed by atoms with Gasteiger partial charge in [-0.2, -0.15) is 0 Å². The first kappa shape index (κ1) is 12.5. The summed E-state index contributed by atoms with van der Waals surface area (Å²) in [7, 11) is 1.90. The summed E-state index contributed by atoms with van der Waals surface area (Å²) in [4.78, 5) is 13.9. The van der Waals surface area contributed by atoms with Gasteiger partial charge in [0.1, 0.15) is 0 Å². The number of carbonyl (C=O) groups is 1. The lowest BCUT2D eigenvalue weighted by atomic mass is 9.98. The third kappa shape index (κ3) is 2.94. The van der Waals surface area contributed by atoms with E-state index in [4.69, 9.17) is 5.73 Å². The second kappa shape index (κ2) is 5.50. The number of hydrogen-bond acceptors (Lipinski definition) is 2. The smallest absolute Gasteiger partial charge is 0.239 e. The molecule has 0 heterocycles. The summed E-state index contributed by atoms with van der Waals surface area (Å²) in [5, 5.41) is 0. The van der Waals surface area contributed by atoms with Gasteiger partial charge in [-0.05, 0) is 18.8 Å². The highest BCUT2D eigenvalue weighted by Gasteiger charge is 2.28. The zero-order valence-electron chi connectivity index (χ0n) is 10.2. The van der Waals surface area contributed by atoms with E-state index in [2.05, 4.69) is 6.92 Å². The summed E-state index contributed by atoms with van der Waals surface area (Å²) in [6, 6.07) is 0.119. The molecule has 3 heteroatoms. The summed E-state index contributed by atoms with van der Waals surface area (Å²) in [5.41, 5.74) is 5.95. The number of nitrogens with zero attached hydrogens (tertiary/aromatic N) is 1. The number of hydrogen-bond donors (Lipinski definition) is 1. The normalized spacial score (nSPS) is 21.3. The molecule has 3 nitrogen and oxygen atoms in total. The first-order chi connectivity index (χ1) is 7.07. The SMILES string of the molecule is CCC(C)[C@H](N)C(=O)N(C)C1CCCC1. The molecule has 0 spiro atoms. The Morgan fingerprint density at radius 1 is 1.47 bits per heavy atom. The Morgan fingerprint density at radius 2 is 2.00 bits per heavy atom. The highest BCUT2D eigenvalue weighted by atomic mass is 16.2. The van der Waals surface area contributed by atoms with Gasteiger partial charge in [-0.15, -0.1) is 0 Å². The minimum Gasteiger partial charge on any atom is -0.341 e. The molecule has 0 aromatic carbocycles. The van der Waals surface area contributed by atoms with Crippen LogP contribution in [0.15, 0.2) is 0 Å². The Hall–Kier alpha value is -0.570. The maximum absolute atomic E-state index is 12.0. The highest BCUT2D eigenvalue weighted by molar-refractivity contribution is 5.82. The molecule has 1 rings (SSSR count). The van der Waals surface area contributed by atoms with Crippen molar-refractivity contribution in [1.82, 2.24) is 4.90 Å². The number of rotatable bonds is 4. The summed E-state index contributed by atoms with van der Waals surface area (Å²) in [6.45, 7) is 4.12. The summed E-state index contributed by atoms with van der Waals surface area (Å²) in [6.07, 6.45) is 5.76. The summed E-state index contributed by atoms with van der Waals surface area (Å²) < 4.78 is 0. The molecule has 0 aromatic rings. The second-order valence-corrected chi connectivity index (χ2v) is 4.80. The van der Waals surface area contributed by atoms with Crippen LogP contribution in [0, 0.1) is 5.92 Å². The molecule has 2 atom stereocenters. The molecule has 0 saturated heterocycles. The lowest BCUT2D eigenvalue weighted by Crippen LogP contribution is -2.48. The molecule has 0 aromatic heterocycles. The van der Waals surface area contributed by atoms with Crippen molar-refractivity contribution in [3.63, 3.8) is 0 Å². The van der Waals surface area contributed by atoms with Gasteiger partial charge in [0.05, 0.1) is 6.04 Å². The highest BCUT2D eigenvalue weighted by Crippen LogP contribution is 2.23. The molecular weight excluding hydrogens is 188 g/mol. The zero-order valence-corrected chi connectivity index (χ0v) is 10.2. The number of carbonyl (C=O) groups excluding carboxylic acids is 1.